The lowest BCUT2D eigenvalue weighted by atomic mass is 9.82. The Bertz CT molecular complexity index is 3630. The van der Waals surface area contributed by atoms with E-state index in [1.807, 2.05) is 127 Å². The first kappa shape index (κ1) is 56.0. The van der Waals surface area contributed by atoms with Crippen molar-refractivity contribution in [3.05, 3.63) is 241 Å². The van der Waals surface area contributed by atoms with Crippen LogP contribution in [-0.4, -0.2) is 11.6 Å². The van der Waals surface area contributed by atoms with Crippen LogP contribution in [-0.2, 0) is 0 Å². The first-order valence-corrected chi connectivity index (χ1v) is 24.1. The van der Waals surface area contributed by atoms with Crippen LogP contribution in [0, 0.1) is 0 Å². The molecule has 28 N–H and O–H groups in total. The van der Waals surface area contributed by atoms with E-state index in [2.05, 4.69) is 0 Å². The summed E-state index contributed by atoms with van der Waals surface area (Å²) in [7, 11) is 0. The molecule has 0 atom stereocenters. The van der Waals surface area contributed by atoms with Gasteiger partial charge in [-0.05, 0) is 119 Å². The zero-order valence-corrected chi connectivity index (χ0v) is 42.7. The van der Waals surface area contributed by atoms with Crippen molar-refractivity contribution in [2.45, 2.75) is 0 Å². The number of nitrogens with two attached hydrogens (primary N) is 14. The number of para-hydroxylation sites is 2. The van der Waals surface area contributed by atoms with Crippen molar-refractivity contribution in [2.24, 2.45) is 0 Å². The Balaban J connectivity index is 0.000000150. The number of carbonyl (C=O) groups excluding carboxylic acids is 2. The highest BCUT2D eigenvalue weighted by Gasteiger charge is 2.32. The predicted molar refractivity (Wildman–Crippen MR) is 333 cm³/mol. The van der Waals surface area contributed by atoms with Gasteiger partial charge in [0.15, 0.2) is 11.6 Å². The third-order valence-corrected chi connectivity index (χ3v) is 11.9. The van der Waals surface area contributed by atoms with Crippen molar-refractivity contribution in [3.8, 4) is 0 Å². The predicted octanol–water partition coefficient (Wildman–Crippen LogP) is 10.2. The third-order valence-electron chi connectivity index (χ3n) is 11.9. The van der Waals surface area contributed by atoms with Crippen LogP contribution in [0.1, 0.15) is 31.8 Å². The first-order valence-electron chi connectivity index (χ1n) is 24.1. The van der Waals surface area contributed by atoms with Crippen LogP contribution in [0.2, 0.25) is 0 Å². The second-order valence-electron chi connectivity index (χ2n) is 17.6. The van der Waals surface area contributed by atoms with E-state index in [9.17, 15) is 9.59 Å². The van der Waals surface area contributed by atoms with Crippen molar-refractivity contribution in [1.29, 1.82) is 0 Å². The number of anilines is 14. The summed E-state index contributed by atoms with van der Waals surface area (Å²) in [6.45, 7) is 0. The van der Waals surface area contributed by atoms with Crippen LogP contribution < -0.4 is 80.3 Å². The Morgan fingerprint density at radius 2 is 0.526 bits per heavy atom. The molecule has 1 aliphatic rings. The molecule has 12 rings (SSSR count). The topological polar surface area (TPSA) is 398 Å². The van der Waals surface area contributed by atoms with Crippen LogP contribution in [0.15, 0.2) is 218 Å². The smallest absolute Gasteiger partial charge is 0.196 e. The number of benzene rings is 11. The second kappa shape index (κ2) is 26.1. The lowest BCUT2D eigenvalue weighted by Crippen LogP contribution is -2.23. The van der Waals surface area contributed by atoms with Gasteiger partial charge in [-0.3, -0.25) is 9.59 Å². The Labute approximate surface area is 452 Å². The van der Waals surface area contributed by atoms with Gasteiger partial charge >= 0.3 is 0 Å². The number of ketones is 2. The summed E-state index contributed by atoms with van der Waals surface area (Å²) in [6, 6.07) is 66.1. The monoisotopic (exact) mass is 1040 g/mol. The van der Waals surface area contributed by atoms with Crippen molar-refractivity contribution in [3.63, 3.8) is 0 Å². The molecule has 0 fully saturated rings. The summed E-state index contributed by atoms with van der Waals surface area (Å²) < 4.78 is 0. The van der Waals surface area contributed by atoms with Crippen LogP contribution in [0.25, 0.3) is 32.3 Å². The molecule has 394 valence electrons. The highest BCUT2D eigenvalue weighted by Crippen LogP contribution is 2.33. The van der Waals surface area contributed by atoms with Gasteiger partial charge in [0.25, 0.3) is 0 Å². The van der Waals surface area contributed by atoms with Gasteiger partial charge in [0.2, 0.25) is 0 Å². The molecule has 16 nitrogen and oxygen atoms in total. The highest BCUT2D eigenvalue weighted by molar-refractivity contribution is 6.31. The number of fused-ring (bicyclic) bond motifs is 5. The van der Waals surface area contributed by atoms with Crippen LogP contribution in [0.4, 0.5) is 79.6 Å². The standard InChI is InChI=1S/C14H10N2O2.3C10H10N2.3C6H8N2/c15-9-5-1-3-7-11(9)14(18)8-4-2-6-10(16)12(8)13(7)17;11-9-5-1-3-7-8(9)4-2-6-10(7)12;11-8-5-1-3-7-4-2-6-9(12)10(7)8;11-9-5-7-3-1-2-4-8(7)6-10(9)12;7-5-1-2-6(8)4-3-5;7-5-2-1-3-6(8)4-5;7-5-3-1-2-4-6(5)8/h1-6H,15-16H2;3*1-6H,11-12H2;3*1-4H,7-8H2. The number of hydrogen-bond acceptors (Lipinski definition) is 16. The number of carbonyl (C=O) groups is 2. The fourth-order valence-electron chi connectivity index (χ4n) is 7.89. The molecule has 16 heteroatoms. The molecule has 0 spiro atoms. The summed E-state index contributed by atoms with van der Waals surface area (Å²) >= 11 is 0. The van der Waals surface area contributed by atoms with E-state index in [4.69, 9.17) is 80.3 Å². The molecule has 0 heterocycles. The minimum Gasteiger partial charge on any atom is -0.399 e. The van der Waals surface area contributed by atoms with E-state index >= 15 is 0 Å². The molecule has 0 amide bonds. The zero-order chi connectivity index (χ0) is 56.5. The van der Waals surface area contributed by atoms with Gasteiger partial charge in [0.05, 0.1) is 33.9 Å². The summed E-state index contributed by atoms with van der Waals surface area (Å²) in [6.07, 6.45) is 0. The van der Waals surface area contributed by atoms with E-state index in [-0.39, 0.29) is 22.7 Å². The molecule has 0 saturated heterocycles. The molecule has 0 aliphatic heterocycles. The lowest BCUT2D eigenvalue weighted by Gasteiger charge is -2.19. The van der Waals surface area contributed by atoms with Gasteiger partial charge in [-0.1, -0.05) is 115 Å². The first-order chi connectivity index (χ1) is 37.3. The van der Waals surface area contributed by atoms with Gasteiger partial charge in [-0.15, -0.1) is 0 Å². The number of rotatable bonds is 0. The van der Waals surface area contributed by atoms with Crippen LogP contribution in [0.3, 0.4) is 0 Å². The molecule has 0 saturated carbocycles. The molecule has 0 unspecified atom stereocenters. The van der Waals surface area contributed by atoms with Gasteiger partial charge < -0.3 is 80.3 Å². The second-order valence-corrected chi connectivity index (χ2v) is 17.6. The molecule has 11 aromatic carbocycles. The summed E-state index contributed by atoms with van der Waals surface area (Å²) in [5.41, 5.74) is 88.7. The van der Waals surface area contributed by atoms with Crippen molar-refractivity contribution in [1.82, 2.24) is 0 Å². The largest absolute Gasteiger partial charge is 0.399 e. The van der Waals surface area contributed by atoms with Gasteiger partial charge in [-0.25, -0.2) is 0 Å². The normalized spacial score (nSPS) is 10.6. The third kappa shape index (κ3) is 14.5. The highest BCUT2D eigenvalue weighted by atomic mass is 16.1. The molecular formula is C62H64N14O2. The zero-order valence-electron chi connectivity index (χ0n) is 42.7. The Morgan fingerprint density at radius 3 is 0.885 bits per heavy atom. The fourth-order valence-corrected chi connectivity index (χ4v) is 7.89. The summed E-state index contributed by atoms with van der Waals surface area (Å²) in [5, 5.41) is 6.36. The van der Waals surface area contributed by atoms with Crippen molar-refractivity contribution >= 4 is 124 Å². The van der Waals surface area contributed by atoms with E-state index in [1.54, 1.807) is 91.0 Å². The summed E-state index contributed by atoms with van der Waals surface area (Å²) in [5.74, 6) is -0.491. The molecule has 0 bridgehead atoms. The molecule has 11 aromatic rings. The minimum atomic E-state index is -0.245. The Morgan fingerprint density at radius 1 is 0.218 bits per heavy atom. The number of nitrogen functional groups attached to an aromatic ring is 14. The van der Waals surface area contributed by atoms with Gasteiger partial charge in [-0.2, -0.15) is 0 Å². The Hall–Kier alpha value is -11.3. The fraction of sp³-hybridized carbons (Fsp3) is 0. The molecule has 0 aromatic heterocycles. The molecule has 0 radical (unpaired) electrons. The quantitative estimate of drug-likeness (QED) is 0.0628. The van der Waals surface area contributed by atoms with Crippen molar-refractivity contribution < 1.29 is 9.59 Å². The van der Waals surface area contributed by atoms with Crippen LogP contribution in [0.5, 0.6) is 0 Å². The maximum absolute atomic E-state index is 12.3. The number of hydrogen-bond donors (Lipinski definition) is 14. The van der Waals surface area contributed by atoms with Gasteiger partial charge in [0.1, 0.15) is 0 Å². The average Bonchev–Trinajstić information content (AvgIpc) is 3.55. The SMILES string of the molecule is Nc1cc2ccccc2cc1N.Nc1ccc(N)cc1.Nc1cccc(N)c1.Nc1cccc2c(N)cccc12.Nc1cccc2c1C(=O)c1cccc(N)c1C2=O.Nc1cccc2cccc(N)c12.Nc1ccccc1N. The summed E-state index contributed by atoms with van der Waals surface area (Å²) in [4.78, 5) is 24.7. The average molecular weight is 1040 g/mol. The minimum absolute atomic E-state index is 0.245. The van der Waals surface area contributed by atoms with Gasteiger partial charge in [0, 0.05) is 84.2 Å². The van der Waals surface area contributed by atoms with E-state index in [0.717, 1.165) is 66.4 Å². The molecular weight excluding hydrogens is 973 g/mol. The van der Waals surface area contributed by atoms with Crippen molar-refractivity contribution in [2.75, 3.05) is 80.3 Å². The van der Waals surface area contributed by atoms with E-state index in [1.165, 1.54) is 0 Å². The molecule has 1 aliphatic carbocycles. The Kier molecular flexibility index (Phi) is 18.8. The van der Waals surface area contributed by atoms with E-state index in [0.29, 0.717) is 56.6 Å². The maximum atomic E-state index is 12.3. The lowest BCUT2D eigenvalue weighted by molar-refractivity contribution is 0.0980. The van der Waals surface area contributed by atoms with Crippen LogP contribution >= 0.6 is 0 Å². The maximum Gasteiger partial charge on any atom is 0.196 e. The van der Waals surface area contributed by atoms with E-state index < -0.39 is 0 Å². The molecule has 78 heavy (non-hydrogen) atoms.